The highest BCUT2D eigenvalue weighted by atomic mass is 35.5. The Morgan fingerprint density at radius 1 is 1.11 bits per heavy atom. The second kappa shape index (κ2) is 10.4. The van der Waals surface area contributed by atoms with E-state index >= 15 is 0 Å². The summed E-state index contributed by atoms with van der Waals surface area (Å²) < 4.78 is 11.3. The summed E-state index contributed by atoms with van der Waals surface area (Å²) in [7, 11) is 0. The number of aryl methyl sites for hydroxylation is 2. The van der Waals surface area contributed by atoms with Gasteiger partial charge in [0.1, 0.15) is 11.4 Å². The third-order valence-electron chi connectivity index (χ3n) is 6.81. The molecular formula is C29H27ClN2O5. The zero-order chi connectivity index (χ0) is 26.1. The number of carboxylic acids is 1. The predicted octanol–water partition coefficient (Wildman–Crippen LogP) is 6.55. The lowest BCUT2D eigenvalue weighted by Crippen LogP contribution is -2.24. The van der Waals surface area contributed by atoms with Crippen LogP contribution >= 0.6 is 11.6 Å². The summed E-state index contributed by atoms with van der Waals surface area (Å²) in [6, 6.07) is 21.1. The molecular weight excluding hydrogens is 492 g/mol. The maximum absolute atomic E-state index is 11.5. The van der Waals surface area contributed by atoms with Gasteiger partial charge in [-0.25, -0.2) is 0 Å². The highest BCUT2D eigenvalue weighted by Gasteiger charge is 2.28. The number of aromatic nitrogens is 1. The van der Waals surface area contributed by atoms with Crippen LogP contribution in [-0.4, -0.2) is 27.8 Å². The Labute approximate surface area is 219 Å². The SMILES string of the molecule is Cc1noc(-c2ccc(-c3ccc4c(c3)CCC4C(=O)O)cc2)c1NC(O)OC(C)c1ccccc1Cl. The first-order valence-electron chi connectivity index (χ1n) is 12.1. The van der Waals surface area contributed by atoms with E-state index in [4.69, 9.17) is 20.9 Å². The van der Waals surface area contributed by atoms with Crippen LogP contribution in [0, 0.1) is 6.92 Å². The number of nitrogens with zero attached hydrogens (tertiary/aromatic N) is 1. The van der Waals surface area contributed by atoms with Gasteiger partial charge in [0, 0.05) is 10.6 Å². The summed E-state index contributed by atoms with van der Waals surface area (Å²) in [5.41, 5.74) is 6.70. The zero-order valence-corrected chi connectivity index (χ0v) is 21.2. The second-order valence-corrected chi connectivity index (χ2v) is 9.60. The molecule has 3 aromatic carbocycles. The molecule has 0 radical (unpaired) electrons. The summed E-state index contributed by atoms with van der Waals surface area (Å²) in [6.45, 7) is 3.59. The van der Waals surface area contributed by atoms with Crippen LogP contribution in [0.25, 0.3) is 22.5 Å². The lowest BCUT2D eigenvalue weighted by Gasteiger charge is -2.20. The van der Waals surface area contributed by atoms with Gasteiger partial charge >= 0.3 is 5.97 Å². The monoisotopic (exact) mass is 518 g/mol. The molecule has 190 valence electrons. The van der Waals surface area contributed by atoms with E-state index in [2.05, 4.69) is 16.5 Å². The van der Waals surface area contributed by atoms with Crippen molar-refractivity contribution in [2.75, 3.05) is 5.32 Å². The van der Waals surface area contributed by atoms with Crippen molar-refractivity contribution in [1.82, 2.24) is 5.16 Å². The molecule has 0 saturated carbocycles. The largest absolute Gasteiger partial charge is 0.481 e. The molecule has 7 nitrogen and oxygen atoms in total. The number of aliphatic hydroxyl groups excluding tert-OH is 1. The molecule has 1 aliphatic rings. The normalized spacial score (nSPS) is 16.3. The van der Waals surface area contributed by atoms with E-state index in [1.54, 1.807) is 13.0 Å². The first-order valence-corrected chi connectivity index (χ1v) is 12.5. The molecule has 3 unspecified atom stereocenters. The third kappa shape index (κ3) is 5.11. The van der Waals surface area contributed by atoms with E-state index in [-0.39, 0.29) is 0 Å². The van der Waals surface area contributed by atoms with Crippen LogP contribution in [0.15, 0.2) is 71.3 Å². The van der Waals surface area contributed by atoms with Crippen molar-refractivity contribution < 1.29 is 24.3 Å². The van der Waals surface area contributed by atoms with E-state index in [9.17, 15) is 15.0 Å². The number of rotatable bonds is 8. The van der Waals surface area contributed by atoms with Crippen molar-refractivity contribution in [3.8, 4) is 22.5 Å². The number of anilines is 1. The molecule has 1 aromatic heterocycles. The molecule has 8 heteroatoms. The average molecular weight is 519 g/mol. The van der Waals surface area contributed by atoms with Gasteiger partial charge in [-0.15, -0.1) is 0 Å². The summed E-state index contributed by atoms with van der Waals surface area (Å²) in [4.78, 5) is 11.5. The van der Waals surface area contributed by atoms with E-state index in [0.29, 0.717) is 28.6 Å². The van der Waals surface area contributed by atoms with Crippen molar-refractivity contribution in [2.45, 2.75) is 45.1 Å². The summed E-state index contributed by atoms with van der Waals surface area (Å²) in [6.07, 6.45) is -0.356. The Kier molecular flexibility index (Phi) is 7.02. The van der Waals surface area contributed by atoms with Gasteiger partial charge in [0.2, 0.25) is 6.41 Å². The Balaban J connectivity index is 1.32. The fraction of sp³-hybridized carbons (Fsp3) is 0.241. The summed E-state index contributed by atoms with van der Waals surface area (Å²) >= 11 is 6.25. The third-order valence-corrected chi connectivity index (χ3v) is 7.15. The molecule has 5 rings (SSSR count). The lowest BCUT2D eigenvalue weighted by atomic mass is 9.96. The number of hydrogen-bond donors (Lipinski definition) is 3. The first kappa shape index (κ1) is 25.0. The number of nitrogens with one attached hydrogen (secondary N) is 1. The molecule has 0 aliphatic heterocycles. The van der Waals surface area contributed by atoms with Crippen molar-refractivity contribution >= 4 is 23.3 Å². The summed E-state index contributed by atoms with van der Waals surface area (Å²) in [5.74, 6) is -0.703. The van der Waals surface area contributed by atoms with Gasteiger partial charge in [0.05, 0.1) is 12.0 Å². The van der Waals surface area contributed by atoms with Gasteiger partial charge in [-0.2, -0.15) is 0 Å². The predicted molar refractivity (Wildman–Crippen MR) is 141 cm³/mol. The fourth-order valence-corrected chi connectivity index (χ4v) is 5.12. The van der Waals surface area contributed by atoms with E-state index in [1.807, 2.05) is 61.5 Å². The van der Waals surface area contributed by atoms with Crippen molar-refractivity contribution in [3.63, 3.8) is 0 Å². The number of hydrogen-bond acceptors (Lipinski definition) is 6. The van der Waals surface area contributed by atoms with E-state index in [0.717, 1.165) is 39.8 Å². The van der Waals surface area contributed by atoms with Gasteiger partial charge in [0.25, 0.3) is 0 Å². The molecule has 0 spiro atoms. The molecule has 0 bridgehead atoms. The van der Waals surface area contributed by atoms with Crippen LogP contribution in [-0.2, 0) is 16.0 Å². The van der Waals surface area contributed by atoms with Gasteiger partial charge in [-0.3, -0.25) is 4.79 Å². The van der Waals surface area contributed by atoms with Crippen molar-refractivity contribution in [2.24, 2.45) is 0 Å². The average Bonchev–Trinajstić information content (AvgIpc) is 3.47. The topological polar surface area (TPSA) is 105 Å². The van der Waals surface area contributed by atoms with Gasteiger partial charge in [0.15, 0.2) is 5.76 Å². The quantitative estimate of drug-likeness (QED) is 0.227. The molecule has 4 aromatic rings. The Hall–Kier alpha value is -3.65. The molecule has 1 heterocycles. The number of aliphatic hydroxyl groups is 1. The first-order chi connectivity index (χ1) is 17.8. The van der Waals surface area contributed by atoms with Crippen LogP contribution in [0.2, 0.25) is 5.02 Å². The van der Waals surface area contributed by atoms with Crippen LogP contribution in [0.3, 0.4) is 0 Å². The minimum Gasteiger partial charge on any atom is -0.481 e. The highest BCUT2D eigenvalue weighted by Crippen LogP contribution is 2.37. The maximum Gasteiger partial charge on any atom is 0.310 e. The van der Waals surface area contributed by atoms with Crippen LogP contribution in [0.1, 0.15) is 47.8 Å². The number of halogens is 1. The summed E-state index contributed by atoms with van der Waals surface area (Å²) in [5, 5.41) is 27.6. The Morgan fingerprint density at radius 2 is 1.81 bits per heavy atom. The number of carbonyl (C=O) groups is 1. The van der Waals surface area contributed by atoms with E-state index in [1.165, 1.54) is 0 Å². The number of benzene rings is 3. The molecule has 3 N–H and O–H groups in total. The maximum atomic E-state index is 11.5. The minimum absolute atomic E-state index is 0.418. The molecule has 0 saturated heterocycles. The second-order valence-electron chi connectivity index (χ2n) is 9.19. The van der Waals surface area contributed by atoms with Gasteiger partial charge in [-0.05, 0) is 60.6 Å². The minimum atomic E-state index is -1.32. The Bertz CT molecular complexity index is 1430. The zero-order valence-electron chi connectivity index (χ0n) is 20.4. The van der Waals surface area contributed by atoms with Crippen LogP contribution in [0.4, 0.5) is 5.69 Å². The molecule has 0 fully saturated rings. The van der Waals surface area contributed by atoms with Gasteiger partial charge in [-0.1, -0.05) is 77.4 Å². The molecule has 1 aliphatic carbocycles. The van der Waals surface area contributed by atoms with Crippen molar-refractivity contribution in [1.29, 1.82) is 0 Å². The number of ether oxygens (including phenoxy) is 1. The number of aliphatic carboxylic acids is 1. The van der Waals surface area contributed by atoms with Crippen LogP contribution < -0.4 is 5.32 Å². The number of carboxylic acid groups (broad SMARTS) is 1. The highest BCUT2D eigenvalue weighted by molar-refractivity contribution is 6.31. The molecule has 0 amide bonds. The smallest absolute Gasteiger partial charge is 0.310 e. The van der Waals surface area contributed by atoms with E-state index < -0.39 is 24.4 Å². The van der Waals surface area contributed by atoms with Gasteiger partial charge < -0.3 is 24.8 Å². The lowest BCUT2D eigenvalue weighted by molar-refractivity contribution is -0.138. The Morgan fingerprint density at radius 3 is 2.54 bits per heavy atom. The fourth-order valence-electron chi connectivity index (χ4n) is 4.83. The molecule has 37 heavy (non-hydrogen) atoms. The van der Waals surface area contributed by atoms with Crippen LogP contribution in [0.5, 0.6) is 0 Å². The standard InChI is InChI=1S/C29H27ClN2O5/c1-16-26(31-29(35)36-17(2)22-5-3-4-6-25(22)30)27(37-32-16)19-9-7-18(8-10-19)20-11-13-23-21(15-20)12-14-24(23)28(33)34/h3-11,13,15,17,24,29,31,35H,12,14H2,1-2H3,(H,33,34). The molecule has 3 atom stereocenters. The van der Waals surface area contributed by atoms with Crippen molar-refractivity contribution in [3.05, 3.63) is 94.1 Å². The number of fused-ring (bicyclic) bond motifs is 1.